The summed E-state index contributed by atoms with van der Waals surface area (Å²) in [4.78, 5) is 15.1. The molecule has 30 heavy (non-hydrogen) atoms. The predicted molar refractivity (Wildman–Crippen MR) is 111 cm³/mol. The van der Waals surface area contributed by atoms with Gasteiger partial charge in [0.2, 0.25) is 5.91 Å². The predicted octanol–water partition coefficient (Wildman–Crippen LogP) is 2.08. The lowest BCUT2D eigenvalue weighted by Crippen LogP contribution is -2.50. The van der Waals surface area contributed by atoms with Crippen LogP contribution in [0.2, 0.25) is 0 Å². The Morgan fingerprint density at radius 1 is 1.23 bits per heavy atom. The van der Waals surface area contributed by atoms with E-state index in [4.69, 9.17) is 14.2 Å². The number of nitrogens with one attached hydrogen (secondary N) is 1. The Kier molecular flexibility index (Phi) is 5.87. The largest absolute Gasteiger partial charge is 0.493 e. The molecule has 8 heteroatoms. The highest BCUT2D eigenvalue weighted by Gasteiger charge is 2.36. The molecule has 2 aromatic carbocycles. The van der Waals surface area contributed by atoms with E-state index in [0.29, 0.717) is 24.7 Å². The monoisotopic (exact) mass is 411 g/mol. The van der Waals surface area contributed by atoms with Crippen molar-refractivity contribution in [1.29, 1.82) is 0 Å². The molecule has 3 aromatic rings. The number of methoxy groups -OCH3 is 2. The van der Waals surface area contributed by atoms with Crippen molar-refractivity contribution in [3.05, 3.63) is 53.7 Å². The smallest absolute Gasteiger partial charge is 0.229 e. The van der Waals surface area contributed by atoms with E-state index in [-0.39, 0.29) is 18.9 Å². The maximum atomic E-state index is 13.3. The van der Waals surface area contributed by atoms with E-state index in [2.05, 4.69) is 10.2 Å². The van der Waals surface area contributed by atoms with Crippen LogP contribution in [0.25, 0.3) is 10.9 Å². The van der Waals surface area contributed by atoms with Crippen LogP contribution in [0.5, 0.6) is 11.5 Å². The Balaban J connectivity index is 1.65. The maximum Gasteiger partial charge on any atom is 0.229 e. The molecule has 1 saturated heterocycles. The molecule has 0 saturated carbocycles. The summed E-state index contributed by atoms with van der Waals surface area (Å²) in [5.41, 5.74) is 2.41. The highest BCUT2D eigenvalue weighted by atomic mass is 16.5. The molecule has 0 bridgehead atoms. The Morgan fingerprint density at radius 3 is 2.80 bits per heavy atom. The van der Waals surface area contributed by atoms with Crippen LogP contribution < -0.4 is 9.47 Å². The Bertz CT molecular complexity index is 1030. The van der Waals surface area contributed by atoms with E-state index in [1.54, 1.807) is 25.2 Å². The fourth-order valence-corrected chi connectivity index (χ4v) is 4.00. The minimum absolute atomic E-state index is 0.0639. The van der Waals surface area contributed by atoms with Gasteiger partial charge in [-0.25, -0.2) is 0 Å². The second-order valence-electron chi connectivity index (χ2n) is 7.13. The van der Waals surface area contributed by atoms with Crippen LogP contribution in [0, 0.1) is 0 Å². The minimum atomic E-state index is -0.528. The molecule has 1 fully saturated rings. The summed E-state index contributed by atoms with van der Waals surface area (Å²) >= 11 is 0. The van der Waals surface area contributed by atoms with E-state index in [1.807, 2.05) is 36.4 Å². The number of carbonyl (C=O) groups excluding carboxylic acids is 1. The normalized spacial score (nSPS) is 19.1. The van der Waals surface area contributed by atoms with Gasteiger partial charge in [-0.05, 0) is 23.8 Å². The third-order valence-corrected chi connectivity index (χ3v) is 5.47. The molecule has 2 N–H and O–H groups in total. The third-order valence-electron chi connectivity index (χ3n) is 5.47. The number of nitrogens with zero attached hydrogens (tertiary/aromatic N) is 2. The van der Waals surface area contributed by atoms with Gasteiger partial charge < -0.3 is 24.2 Å². The second-order valence-corrected chi connectivity index (χ2v) is 7.13. The molecule has 2 heterocycles. The van der Waals surface area contributed by atoms with Crippen LogP contribution in [-0.2, 0) is 16.0 Å². The first kappa shape index (κ1) is 20.2. The molecule has 1 aromatic heterocycles. The summed E-state index contributed by atoms with van der Waals surface area (Å²) in [6.45, 7) is 0.598. The molecule has 4 rings (SSSR count). The Labute approximate surface area is 174 Å². The second kappa shape index (κ2) is 8.73. The molecule has 0 spiro atoms. The Hall–Kier alpha value is -3.10. The zero-order valence-corrected chi connectivity index (χ0v) is 17.0. The average Bonchev–Trinajstić information content (AvgIpc) is 3.20. The van der Waals surface area contributed by atoms with Gasteiger partial charge in [-0.2, -0.15) is 5.10 Å². The first-order valence-electron chi connectivity index (χ1n) is 9.82. The van der Waals surface area contributed by atoms with Crippen molar-refractivity contribution in [1.82, 2.24) is 15.1 Å². The number of rotatable bonds is 6. The number of amides is 1. The number of ether oxygens (including phenoxy) is 3. The van der Waals surface area contributed by atoms with E-state index in [1.165, 1.54) is 0 Å². The molecule has 1 aliphatic heterocycles. The number of aromatic amines is 1. The van der Waals surface area contributed by atoms with Crippen molar-refractivity contribution in [2.45, 2.75) is 18.6 Å². The van der Waals surface area contributed by atoms with Gasteiger partial charge in [0.05, 0.1) is 51.1 Å². The molecule has 1 amide bonds. The molecular formula is C22H25N3O5. The summed E-state index contributed by atoms with van der Waals surface area (Å²) in [6, 6.07) is 12.7. The number of aliphatic hydroxyl groups is 1. The number of para-hydroxylation sites is 1. The van der Waals surface area contributed by atoms with Gasteiger partial charge in [-0.1, -0.05) is 24.3 Å². The average molecular weight is 411 g/mol. The van der Waals surface area contributed by atoms with Crippen LogP contribution in [0.15, 0.2) is 42.5 Å². The lowest BCUT2D eigenvalue weighted by atomic mass is 9.97. The first-order valence-corrected chi connectivity index (χ1v) is 9.82. The van der Waals surface area contributed by atoms with Gasteiger partial charge in [0.1, 0.15) is 6.10 Å². The number of benzene rings is 2. The minimum Gasteiger partial charge on any atom is -0.493 e. The molecular weight excluding hydrogens is 386 g/mol. The van der Waals surface area contributed by atoms with Crippen molar-refractivity contribution in [2.24, 2.45) is 0 Å². The maximum absolute atomic E-state index is 13.3. The van der Waals surface area contributed by atoms with Crippen LogP contribution >= 0.6 is 0 Å². The van der Waals surface area contributed by atoms with Crippen molar-refractivity contribution in [3.63, 3.8) is 0 Å². The SMILES string of the molecule is COc1ccc([C@@H]2[C@@H](CO)OCCN2C(=O)Cc2[nH]nc3ccccc23)cc1OC. The number of H-pyrrole nitrogens is 1. The number of aliphatic hydroxyl groups excluding tert-OH is 1. The van der Waals surface area contributed by atoms with Crippen molar-refractivity contribution < 1.29 is 24.1 Å². The van der Waals surface area contributed by atoms with Gasteiger partial charge >= 0.3 is 0 Å². The number of aromatic nitrogens is 2. The fourth-order valence-electron chi connectivity index (χ4n) is 4.00. The zero-order chi connectivity index (χ0) is 21.1. The molecule has 2 atom stereocenters. The van der Waals surface area contributed by atoms with Crippen molar-refractivity contribution in [2.75, 3.05) is 34.0 Å². The number of hydrogen-bond acceptors (Lipinski definition) is 6. The van der Waals surface area contributed by atoms with E-state index in [0.717, 1.165) is 22.2 Å². The van der Waals surface area contributed by atoms with E-state index in [9.17, 15) is 9.90 Å². The third kappa shape index (κ3) is 3.71. The van der Waals surface area contributed by atoms with Crippen LogP contribution in [0.3, 0.4) is 0 Å². The van der Waals surface area contributed by atoms with Gasteiger partial charge in [0, 0.05) is 11.9 Å². The number of hydrogen-bond donors (Lipinski definition) is 2. The summed E-state index contributed by atoms with van der Waals surface area (Å²) in [6.07, 6.45) is -0.345. The summed E-state index contributed by atoms with van der Waals surface area (Å²) in [5.74, 6) is 1.09. The zero-order valence-electron chi connectivity index (χ0n) is 17.0. The number of carbonyl (C=O) groups is 1. The van der Waals surface area contributed by atoms with Crippen LogP contribution in [0.1, 0.15) is 17.3 Å². The molecule has 158 valence electrons. The molecule has 0 aliphatic carbocycles. The lowest BCUT2D eigenvalue weighted by Gasteiger charge is -2.41. The standard InChI is InChI=1S/C22H25N3O5/c1-28-18-8-7-14(11-19(18)29-2)22-20(13-26)30-10-9-25(22)21(27)12-17-15-5-3-4-6-16(15)23-24-17/h3-8,11,20,22,26H,9-10,12-13H2,1-2H3,(H,23,24)/t20-,22-/m1/s1. The summed E-state index contributed by atoms with van der Waals surface area (Å²) in [7, 11) is 3.14. The highest BCUT2D eigenvalue weighted by molar-refractivity contribution is 5.87. The first-order chi connectivity index (χ1) is 14.7. The molecule has 1 aliphatic rings. The van der Waals surface area contributed by atoms with Gasteiger partial charge in [0.15, 0.2) is 11.5 Å². The topological polar surface area (TPSA) is 96.9 Å². The van der Waals surface area contributed by atoms with Gasteiger partial charge in [-0.3, -0.25) is 9.89 Å². The van der Waals surface area contributed by atoms with Crippen molar-refractivity contribution >= 4 is 16.8 Å². The van der Waals surface area contributed by atoms with Crippen LogP contribution in [0.4, 0.5) is 0 Å². The van der Waals surface area contributed by atoms with E-state index < -0.39 is 12.1 Å². The highest BCUT2D eigenvalue weighted by Crippen LogP contribution is 2.36. The Morgan fingerprint density at radius 2 is 2.03 bits per heavy atom. The molecule has 8 nitrogen and oxygen atoms in total. The van der Waals surface area contributed by atoms with Gasteiger partial charge in [-0.15, -0.1) is 0 Å². The molecule has 0 unspecified atom stereocenters. The summed E-state index contributed by atoms with van der Waals surface area (Å²) < 4.78 is 16.5. The van der Waals surface area contributed by atoms with E-state index >= 15 is 0 Å². The van der Waals surface area contributed by atoms with Crippen LogP contribution in [-0.4, -0.2) is 66.2 Å². The quantitative estimate of drug-likeness (QED) is 0.645. The van der Waals surface area contributed by atoms with Gasteiger partial charge in [0.25, 0.3) is 0 Å². The molecule has 0 radical (unpaired) electrons. The number of morpholine rings is 1. The number of fused-ring (bicyclic) bond motifs is 1. The van der Waals surface area contributed by atoms with Crippen molar-refractivity contribution in [3.8, 4) is 11.5 Å². The lowest BCUT2D eigenvalue weighted by molar-refractivity contribution is -0.149. The fraction of sp³-hybridized carbons (Fsp3) is 0.364. The summed E-state index contributed by atoms with van der Waals surface area (Å²) in [5, 5.41) is 18.1.